The Morgan fingerprint density at radius 1 is 0.562 bits per heavy atom. The third kappa shape index (κ3) is 36.8. The number of hydrogen-bond donors (Lipinski definition) is 0. The topological polar surface area (TPSA) is 94.1 Å². The zero-order chi connectivity index (χ0) is 35.6. The molecule has 0 aromatic carbocycles. The maximum atomic E-state index is 12.4. The minimum Gasteiger partial charge on any atom is -0.756 e. The standard InChI is InChI=1S/C39H80NO7P/c1-6-8-10-12-13-14-15-16-17-18-19-20-21-22-23-24-25-26-27-29-31-34-44-36-38(47-39(41)32-30-28-11-9-7-2)37-46-48(42,43)45-35-33-40(3,4)5/h38H,6-37H2,1-5H3. The van der Waals surface area contributed by atoms with Gasteiger partial charge >= 0.3 is 5.97 Å². The predicted octanol–water partition coefficient (Wildman–Crippen LogP) is 10.7. The third-order valence-corrected chi connectivity index (χ3v) is 9.87. The summed E-state index contributed by atoms with van der Waals surface area (Å²) in [6.07, 6.45) is 33.0. The van der Waals surface area contributed by atoms with Crippen molar-refractivity contribution in [2.75, 3.05) is 54.1 Å². The molecule has 0 saturated carbocycles. The molecule has 0 bridgehead atoms. The molecule has 0 aliphatic rings. The number of unbranched alkanes of at least 4 members (excludes halogenated alkanes) is 24. The number of esters is 1. The molecule has 0 amide bonds. The highest BCUT2D eigenvalue weighted by atomic mass is 31.2. The van der Waals surface area contributed by atoms with Crippen LogP contribution < -0.4 is 4.89 Å². The molecule has 0 saturated heterocycles. The Labute approximate surface area is 298 Å². The van der Waals surface area contributed by atoms with Crippen molar-refractivity contribution in [3.8, 4) is 0 Å². The van der Waals surface area contributed by atoms with E-state index in [1.807, 2.05) is 21.1 Å². The second-order valence-electron chi connectivity index (χ2n) is 15.0. The second kappa shape index (κ2) is 33.6. The normalized spacial score (nSPS) is 13.9. The van der Waals surface area contributed by atoms with Crippen LogP contribution in [0.4, 0.5) is 0 Å². The van der Waals surface area contributed by atoms with Gasteiger partial charge < -0.3 is 27.9 Å². The largest absolute Gasteiger partial charge is 0.756 e. The molecule has 0 aromatic rings. The molecule has 0 aromatic heterocycles. The summed E-state index contributed by atoms with van der Waals surface area (Å²) < 4.78 is 34.3. The van der Waals surface area contributed by atoms with Gasteiger partial charge in [0, 0.05) is 13.0 Å². The minimum atomic E-state index is -4.50. The summed E-state index contributed by atoms with van der Waals surface area (Å²) in [4.78, 5) is 24.7. The van der Waals surface area contributed by atoms with Gasteiger partial charge in [0.1, 0.15) is 19.3 Å². The van der Waals surface area contributed by atoms with Crippen molar-refractivity contribution in [1.29, 1.82) is 0 Å². The van der Waals surface area contributed by atoms with Crippen molar-refractivity contribution in [3.05, 3.63) is 0 Å². The first-order valence-corrected chi connectivity index (χ1v) is 21.7. The molecule has 0 aliphatic carbocycles. The van der Waals surface area contributed by atoms with Gasteiger partial charge in [-0.3, -0.25) is 9.36 Å². The fourth-order valence-corrected chi connectivity index (χ4v) is 6.45. The lowest BCUT2D eigenvalue weighted by molar-refractivity contribution is -0.870. The van der Waals surface area contributed by atoms with E-state index in [4.69, 9.17) is 18.5 Å². The zero-order valence-corrected chi connectivity index (χ0v) is 33.4. The summed E-state index contributed by atoms with van der Waals surface area (Å²) in [6, 6.07) is 0. The van der Waals surface area contributed by atoms with Crippen LogP contribution in [0.1, 0.15) is 187 Å². The first-order valence-electron chi connectivity index (χ1n) is 20.3. The highest BCUT2D eigenvalue weighted by molar-refractivity contribution is 7.45. The fourth-order valence-electron chi connectivity index (χ4n) is 5.72. The molecular formula is C39H80NO7P. The molecule has 288 valence electrons. The van der Waals surface area contributed by atoms with Crippen LogP contribution in [0.25, 0.3) is 0 Å². The van der Waals surface area contributed by atoms with E-state index in [2.05, 4.69) is 13.8 Å². The summed E-state index contributed by atoms with van der Waals surface area (Å²) in [5.41, 5.74) is 0. The number of phosphoric acid groups is 1. The van der Waals surface area contributed by atoms with Crippen molar-refractivity contribution in [1.82, 2.24) is 0 Å². The van der Waals surface area contributed by atoms with E-state index in [0.29, 0.717) is 24.1 Å². The van der Waals surface area contributed by atoms with E-state index in [9.17, 15) is 14.3 Å². The van der Waals surface area contributed by atoms with Crippen LogP contribution in [0.2, 0.25) is 0 Å². The van der Waals surface area contributed by atoms with Crippen LogP contribution in [-0.2, 0) is 27.9 Å². The average Bonchev–Trinajstić information content (AvgIpc) is 3.03. The lowest BCUT2D eigenvalue weighted by Crippen LogP contribution is -2.37. The van der Waals surface area contributed by atoms with Gasteiger partial charge in [-0.2, -0.15) is 0 Å². The van der Waals surface area contributed by atoms with Crippen molar-refractivity contribution in [2.24, 2.45) is 0 Å². The molecule has 0 spiro atoms. The summed E-state index contributed by atoms with van der Waals surface area (Å²) >= 11 is 0. The zero-order valence-electron chi connectivity index (χ0n) is 32.5. The number of rotatable bonds is 38. The monoisotopic (exact) mass is 706 g/mol. The Morgan fingerprint density at radius 3 is 1.38 bits per heavy atom. The van der Waals surface area contributed by atoms with Gasteiger partial charge in [-0.05, 0) is 12.8 Å². The molecule has 0 N–H and O–H groups in total. The number of hydrogen-bond acceptors (Lipinski definition) is 7. The van der Waals surface area contributed by atoms with E-state index >= 15 is 0 Å². The highest BCUT2D eigenvalue weighted by Gasteiger charge is 2.20. The van der Waals surface area contributed by atoms with Crippen molar-refractivity contribution in [2.45, 2.75) is 193 Å². The Morgan fingerprint density at radius 2 is 0.958 bits per heavy atom. The maximum absolute atomic E-state index is 12.4. The van der Waals surface area contributed by atoms with Crippen LogP contribution in [0.5, 0.6) is 0 Å². The Bertz CT molecular complexity index is 746. The van der Waals surface area contributed by atoms with Gasteiger partial charge in [-0.25, -0.2) is 0 Å². The van der Waals surface area contributed by atoms with Gasteiger partial charge in [-0.15, -0.1) is 0 Å². The average molecular weight is 706 g/mol. The molecule has 0 fully saturated rings. The van der Waals surface area contributed by atoms with E-state index in [1.165, 1.54) is 122 Å². The number of ether oxygens (including phenoxy) is 2. The molecule has 0 rings (SSSR count). The molecule has 0 heterocycles. The fraction of sp³-hybridized carbons (Fsp3) is 0.974. The van der Waals surface area contributed by atoms with Crippen molar-refractivity contribution in [3.63, 3.8) is 0 Å². The minimum absolute atomic E-state index is 0.0302. The number of nitrogens with zero attached hydrogens (tertiary/aromatic N) is 1. The van der Waals surface area contributed by atoms with Crippen LogP contribution in [0.3, 0.4) is 0 Å². The van der Waals surface area contributed by atoms with Gasteiger partial charge in [-0.1, -0.05) is 168 Å². The summed E-state index contributed by atoms with van der Waals surface area (Å²) in [7, 11) is 1.37. The maximum Gasteiger partial charge on any atom is 0.306 e. The molecule has 48 heavy (non-hydrogen) atoms. The van der Waals surface area contributed by atoms with Crippen molar-refractivity contribution < 1.29 is 37.3 Å². The Kier molecular flexibility index (Phi) is 33.3. The van der Waals surface area contributed by atoms with Crippen LogP contribution >= 0.6 is 7.82 Å². The van der Waals surface area contributed by atoms with Crippen LogP contribution in [-0.4, -0.2) is 70.7 Å². The third-order valence-electron chi connectivity index (χ3n) is 8.91. The van der Waals surface area contributed by atoms with Gasteiger partial charge in [0.2, 0.25) is 0 Å². The molecular weight excluding hydrogens is 625 g/mol. The molecule has 2 atom stereocenters. The highest BCUT2D eigenvalue weighted by Crippen LogP contribution is 2.38. The quantitative estimate of drug-likeness (QED) is 0.0273. The van der Waals surface area contributed by atoms with E-state index in [-0.39, 0.29) is 25.8 Å². The lowest BCUT2D eigenvalue weighted by Gasteiger charge is -2.28. The number of quaternary nitrogens is 1. The number of carbonyl (C=O) groups is 1. The summed E-state index contributed by atoms with van der Waals surface area (Å²) in [6.45, 7) is 5.36. The van der Waals surface area contributed by atoms with Gasteiger partial charge in [0.25, 0.3) is 7.82 Å². The molecule has 0 radical (unpaired) electrons. The number of carbonyl (C=O) groups excluding carboxylic acids is 1. The van der Waals surface area contributed by atoms with E-state index < -0.39 is 13.9 Å². The van der Waals surface area contributed by atoms with Gasteiger partial charge in [0.15, 0.2) is 0 Å². The first kappa shape index (κ1) is 47.5. The Hall–Kier alpha value is -0.500. The summed E-state index contributed by atoms with van der Waals surface area (Å²) in [5.74, 6) is -0.343. The molecule has 8 nitrogen and oxygen atoms in total. The lowest BCUT2D eigenvalue weighted by atomic mass is 10.0. The summed E-state index contributed by atoms with van der Waals surface area (Å²) in [5, 5.41) is 0. The predicted molar refractivity (Wildman–Crippen MR) is 199 cm³/mol. The van der Waals surface area contributed by atoms with E-state index in [1.54, 1.807) is 0 Å². The number of likely N-dealkylation sites (N-methyl/N-ethyl adjacent to an activating group) is 1. The first-order chi connectivity index (χ1) is 23.1. The second-order valence-corrected chi connectivity index (χ2v) is 16.4. The molecule has 2 unspecified atom stereocenters. The molecule has 9 heteroatoms. The number of phosphoric ester groups is 1. The SMILES string of the molecule is CCCCCCCCCCCCCCCCCCCCCCCOCC(COP(=O)([O-])OCC[N+](C)(C)C)OC(=O)CCCCCCC. The Balaban J connectivity index is 3.93. The molecule has 0 aliphatic heterocycles. The van der Waals surface area contributed by atoms with E-state index in [0.717, 1.165) is 44.9 Å². The van der Waals surface area contributed by atoms with Crippen LogP contribution in [0, 0.1) is 0 Å². The van der Waals surface area contributed by atoms with Crippen LogP contribution in [0.15, 0.2) is 0 Å². The van der Waals surface area contributed by atoms with Crippen molar-refractivity contribution >= 4 is 13.8 Å². The van der Waals surface area contributed by atoms with Gasteiger partial charge in [0.05, 0.1) is 34.4 Å². The smallest absolute Gasteiger partial charge is 0.306 e.